The van der Waals surface area contributed by atoms with Crippen LogP contribution in [0.4, 0.5) is 4.79 Å². The van der Waals surface area contributed by atoms with Gasteiger partial charge in [-0.15, -0.1) is 11.3 Å². The summed E-state index contributed by atoms with van der Waals surface area (Å²) in [5.74, 6) is 0. The molecule has 2 aromatic rings. The fourth-order valence-electron chi connectivity index (χ4n) is 3.13. The van der Waals surface area contributed by atoms with Crippen LogP contribution in [0.1, 0.15) is 23.4 Å². The highest BCUT2D eigenvalue weighted by molar-refractivity contribution is 7.90. The van der Waals surface area contributed by atoms with Gasteiger partial charge in [0.05, 0.1) is 15.3 Å². The summed E-state index contributed by atoms with van der Waals surface area (Å²) in [6.07, 6.45) is 1.18. The summed E-state index contributed by atoms with van der Waals surface area (Å²) in [6, 6.07) is 10.3. The van der Waals surface area contributed by atoms with Crippen LogP contribution in [0.2, 0.25) is 4.34 Å². The average molecular weight is 442 g/mol. The van der Waals surface area contributed by atoms with Gasteiger partial charge in [0.2, 0.25) is 0 Å². The molecule has 9 heteroatoms. The van der Waals surface area contributed by atoms with Crippen molar-refractivity contribution in [2.75, 3.05) is 32.4 Å². The Morgan fingerprint density at radius 3 is 2.32 bits per heavy atom. The topological polar surface area (TPSA) is 69.7 Å². The zero-order valence-corrected chi connectivity index (χ0v) is 18.3. The Balaban J connectivity index is 1.49. The molecule has 1 saturated heterocycles. The predicted octanol–water partition coefficient (Wildman–Crippen LogP) is 3.39. The van der Waals surface area contributed by atoms with E-state index in [2.05, 4.69) is 10.2 Å². The quantitative estimate of drug-likeness (QED) is 0.772. The molecule has 3 rings (SSSR count). The minimum absolute atomic E-state index is 0.0986. The van der Waals surface area contributed by atoms with Gasteiger partial charge in [-0.05, 0) is 36.8 Å². The lowest BCUT2D eigenvalue weighted by Gasteiger charge is -2.35. The van der Waals surface area contributed by atoms with Gasteiger partial charge in [-0.3, -0.25) is 4.90 Å². The number of sulfone groups is 1. The number of hydrogen-bond acceptors (Lipinski definition) is 5. The second kappa shape index (κ2) is 8.82. The molecule has 1 atom stereocenters. The molecule has 2 heterocycles. The van der Waals surface area contributed by atoms with Crippen LogP contribution in [0.5, 0.6) is 0 Å². The smallest absolute Gasteiger partial charge is 0.317 e. The highest BCUT2D eigenvalue weighted by Gasteiger charge is 2.23. The van der Waals surface area contributed by atoms with Gasteiger partial charge in [-0.1, -0.05) is 23.7 Å². The summed E-state index contributed by atoms with van der Waals surface area (Å²) in [4.78, 5) is 18.2. The Kier molecular flexibility index (Phi) is 6.65. The lowest BCUT2D eigenvalue weighted by molar-refractivity contribution is 0.134. The van der Waals surface area contributed by atoms with Crippen molar-refractivity contribution in [3.8, 4) is 0 Å². The fraction of sp³-hybridized carbons (Fsp3) is 0.421. The molecule has 1 fully saturated rings. The number of carbonyl (C=O) groups is 1. The first kappa shape index (κ1) is 21.1. The molecule has 6 nitrogen and oxygen atoms in total. The molecule has 0 bridgehead atoms. The van der Waals surface area contributed by atoms with Gasteiger partial charge in [0.25, 0.3) is 0 Å². The van der Waals surface area contributed by atoms with Crippen LogP contribution in [0.15, 0.2) is 41.3 Å². The van der Waals surface area contributed by atoms with Gasteiger partial charge in [-0.25, -0.2) is 13.2 Å². The highest BCUT2D eigenvalue weighted by Crippen LogP contribution is 2.23. The molecule has 0 saturated carbocycles. The van der Waals surface area contributed by atoms with E-state index in [-0.39, 0.29) is 17.0 Å². The Morgan fingerprint density at radius 2 is 1.79 bits per heavy atom. The minimum atomic E-state index is -3.22. The van der Waals surface area contributed by atoms with Crippen LogP contribution < -0.4 is 5.32 Å². The number of hydrogen-bond donors (Lipinski definition) is 1. The first-order valence-electron chi connectivity index (χ1n) is 9.04. The van der Waals surface area contributed by atoms with Crippen molar-refractivity contribution < 1.29 is 13.2 Å². The maximum Gasteiger partial charge on any atom is 0.317 e. The van der Waals surface area contributed by atoms with Crippen LogP contribution >= 0.6 is 22.9 Å². The van der Waals surface area contributed by atoms with E-state index in [4.69, 9.17) is 11.6 Å². The molecular formula is C19H24ClN3O3S2. The van der Waals surface area contributed by atoms with Gasteiger partial charge >= 0.3 is 6.03 Å². The SMILES string of the molecule is CC(NC(=O)N1CCN(Cc2ccc(Cl)s2)CC1)c1ccc(S(C)(=O)=O)cc1. The Labute approximate surface area is 175 Å². The maximum absolute atomic E-state index is 12.6. The van der Waals surface area contributed by atoms with E-state index in [0.29, 0.717) is 13.1 Å². The Morgan fingerprint density at radius 1 is 1.14 bits per heavy atom. The van der Waals surface area contributed by atoms with E-state index in [0.717, 1.165) is 29.5 Å². The Bertz CT molecular complexity index is 920. The number of rotatable bonds is 5. The summed E-state index contributed by atoms with van der Waals surface area (Å²) < 4.78 is 23.9. The van der Waals surface area contributed by atoms with E-state index in [1.807, 2.05) is 24.0 Å². The largest absolute Gasteiger partial charge is 0.331 e. The molecule has 0 aliphatic carbocycles. The molecule has 0 spiro atoms. The summed E-state index contributed by atoms with van der Waals surface area (Å²) in [6.45, 7) is 5.73. The number of urea groups is 1. The third-order valence-electron chi connectivity index (χ3n) is 4.82. The first-order chi connectivity index (χ1) is 13.2. The van der Waals surface area contributed by atoms with Crippen LogP contribution in [-0.2, 0) is 16.4 Å². The van der Waals surface area contributed by atoms with E-state index < -0.39 is 9.84 Å². The van der Waals surface area contributed by atoms with Crippen LogP contribution in [0.3, 0.4) is 0 Å². The first-order valence-corrected chi connectivity index (χ1v) is 12.1. The molecule has 0 radical (unpaired) electrons. The molecule has 1 aliphatic rings. The van der Waals surface area contributed by atoms with E-state index in [1.54, 1.807) is 35.6 Å². The second-order valence-corrected chi connectivity index (χ2v) is 10.8. The summed E-state index contributed by atoms with van der Waals surface area (Å²) in [5.41, 5.74) is 0.869. The molecule has 1 aromatic heterocycles. The van der Waals surface area contributed by atoms with Crippen molar-refractivity contribution in [1.29, 1.82) is 0 Å². The highest BCUT2D eigenvalue weighted by atomic mass is 35.5. The van der Waals surface area contributed by atoms with Crippen LogP contribution in [0, 0.1) is 0 Å². The van der Waals surface area contributed by atoms with E-state index in [1.165, 1.54) is 11.1 Å². The molecule has 1 aliphatic heterocycles. The van der Waals surface area contributed by atoms with E-state index >= 15 is 0 Å². The van der Waals surface area contributed by atoms with Crippen molar-refractivity contribution >= 4 is 38.8 Å². The van der Waals surface area contributed by atoms with Crippen molar-refractivity contribution in [2.24, 2.45) is 0 Å². The van der Waals surface area contributed by atoms with E-state index in [9.17, 15) is 13.2 Å². The number of carbonyl (C=O) groups excluding carboxylic acids is 1. The van der Waals surface area contributed by atoms with Gasteiger partial charge in [-0.2, -0.15) is 0 Å². The van der Waals surface area contributed by atoms with Crippen LogP contribution in [0.25, 0.3) is 0 Å². The maximum atomic E-state index is 12.6. The molecule has 152 valence electrons. The molecule has 2 amide bonds. The standard InChI is InChI=1S/C19H24ClN3O3S2/c1-14(15-3-6-17(7-4-15)28(2,25)26)21-19(24)23-11-9-22(10-12-23)13-16-5-8-18(20)27-16/h3-8,14H,9-13H2,1-2H3,(H,21,24). The zero-order valence-electron chi connectivity index (χ0n) is 15.9. The summed E-state index contributed by atoms with van der Waals surface area (Å²) in [5, 5.41) is 3.00. The normalized spacial score (nSPS) is 16.8. The van der Waals surface area contributed by atoms with Gasteiger partial charge < -0.3 is 10.2 Å². The fourth-order valence-corrected chi connectivity index (χ4v) is 4.89. The minimum Gasteiger partial charge on any atom is -0.331 e. The number of nitrogens with one attached hydrogen (secondary N) is 1. The summed E-state index contributed by atoms with van der Waals surface area (Å²) >= 11 is 7.57. The zero-order chi connectivity index (χ0) is 20.3. The molecule has 1 N–H and O–H groups in total. The number of thiophene rings is 1. The molecule has 1 aromatic carbocycles. The number of halogens is 1. The monoisotopic (exact) mass is 441 g/mol. The van der Waals surface area contributed by atoms with Crippen LogP contribution in [-0.4, -0.2) is 56.7 Å². The number of amides is 2. The third kappa shape index (κ3) is 5.47. The van der Waals surface area contributed by atoms with Crippen molar-refractivity contribution in [2.45, 2.75) is 24.4 Å². The lowest BCUT2D eigenvalue weighted by Crippen LogP contribution is -2.51. The molecule has 28 heavy (non-hydrogen) atoms. The lowest BCUT2D eigenvalue weighted by atomic mass is 10.1. The average Bonchev–Trinajstić information content (AvgIpc) is 3.06. The predicted molar refractivity (Wildman–Crippen MR) is 113 cm³/mol. The van der Waals surface area contributed by atoms with Gasteiger partial charge in [0, 0.05) is 43.9 Å². The number of nitrogens with zero attached hydrogens (tertiary/aromatic N) is 2. The van der Waals surface area contributed by atoms with Gasteiger partial charge in [0.1, 0.15) is 0 Å². The van der Waals surface area contributed by atoms with Crippen molar-refractivity contribution in [3.05, 3.63) is 51.2 Å². The number of benzene rings is 1. The second-order valence-electron chi connectivity index (χ2n) is 6.98. The number of piperazine rings is 1. The summed E-state index contributed by atoms with van der Waals surface area (Å²) in [7, 11) is -3.22. The van der Waals surface area contributed by atoms with Crippen molar-refractivity contribution in [3.63, 3.8) is 0 Å². The van der Waals surface area contributed by atoms with Gasteiger partial charge in [0.15, 0.2) is 9.84 Å². The molecule has 1 unspecified atom stereocenters. The molecular weight excluding hydrogens is 418 g/mol. The van der Waals surface area contributed by atoms with Crippen molar-refractivity contribution in [1.82, 2.24) is 15.1 Å². The Hall–Kier alpha value is -1.61. The third-order valence-corrected chi connectivity index (χ3v) is 7.16.